The molecule has 2 rings (SSSR count). The van der Waals surface area contributed by atoms with E-state index in [1.165, 1.54) is 0 Å². The van der Waals surface area contributed by atoms with Crippen LogP contribution >= 0.6 is 0 Å². The molecule has 0 aliphatic rings. The van der Waals surface area contributed by atoms with Crippen molar-refractivity contribution in [1.29, 1.82) is 0 Å². The minimum atomic E-state index is 0.489. The first-order valence-electron chi connectivity index (χ1n) is 6.60. The second kappa shape index (κ2) is 5.89. The number of hydrogen-bond donors (Lipinski definition) is 1. The Kier molecular flexibility index (Phi) is 4.22. The minimum absolute atomic E-state index is 0.489. The Balaban J connectivity index is 2.18. The number of ether oxygens (including phenoxy) is 1. The Morgan fingerprint density at radius 3 is 2.79 bits per heavy atom. The normalized spacial score (nSPS) is 10.7. The SMILES string of the molecule is CCn1nc(C)cc1COc1c(C)cccc1CN. The molecule has 2 N–H and O–H groups in total. The van der Waals surface area contributed by atoms with Crippen LogP contribution in [0.5, 0.6) is 5.75 Å². The number of aromatic nitrogens is 2. The summed E-state index contributed by atoms with van der Waals surface area (Å²) in [6.45, 7) is 7.97. The highest BCUT2D eigenvalue weighted by Gasteiger charge is 2.09. The van der Waals surface area contributed by atoms with E-state index in [1.54, 1.807) is 0 Å². The van der Waals surface area contributed by atoms with Crippen LogP contribution in [-0.2, 0) is 19.7 Å². The van der Waals surface area contributed by atoms with Crippen molar-refractivity contribution >= 4 is 0 Å². The van der Waals surface area contributed by atoms with E-state index in [4.69, 9.17) is 10.5 Å². The van der Waals surface area contributed by atoms with E-state index in [2.05, 4.69) is 18.1 Å². The van der Waals surface area contributed by atoms with Crippen LogP contribution in [-0.4, -0.2) is 9.78 Å². The molecule has 4 nitrogen and oxygen atoms in total. The van der Waals surface area contributed by atoms with Gasteiger partial charge in [-0.3, -0.25) is 4.68 Å². The van der Waals surface area contributed by atoms with Crippen molar-refractivity contribution < 1.29 is 4.74 Å². The molecule has 1 aromatic heterocycles. The van der Waals surface area contributed by atoms with Crippen molar-refractivity contribution in [3.63, 3.8) is 0 Å². The number of para-hydroxylation sites is 1. The first-order valence-corrected chi connectivity index (χ1v) is 6.60. The van der Waals surface area contributed by atoms with Gasteiger partial charge in [-0.2, -0.15) is 5.10 Å². The fraction of sp³-hybridized carbons (Fsp3) is 0.400. The lowest BCUT2D eigenvalue weighted by Crippen LogP contribution is -2.08. The first kappa shape index (κ1) is 13.6. The molecule has 1 aromatic carbocycles. The number of rotatable bonds is 5. The molecule has 0 atom stereocenters. The average molecular weight is 259 g/mol. The Hall–Kier alpha value is -1.81. The zero-order valence-corrected chi connectivity index (χ0v) is 11.8. The summed E-state index contributed by atoms with van der Waals surface area (Å²) in [6, 6.07) is 8.11. The predicted octanol–water partition coefficient (Wildman–Crippen LogP) is 2.56. The lowest BCUT2D eigenvalue weighted by molar-refractivity contribution is 0.287. The third kappa shape index (κ3) is 2.96. The van der Waals surface area contributed by atoms with Crippen LogP contribution < -0.4 is 10.5 Å². The summed E-state index contributed by atoms with van der Waals surface area (Å²) in [4.78, 5) is 0. The van der Waals surface area contributed by atoms with E-state index in [1.807, 2.05) is 36.7 Å². The van der Waals surface area contributed by atoms with E-state index in [9.17, 15) is 0 Å². The standard InChI is InChI=1S/C15H21N3O/c1-4-18-14(8-12(3)17-18)10-19-15-11(2)6-5-7-13(15)9-16/h5-8H,4,9-10,16H2,1-3H3. The molecule has 0 bridgehead atoms. The molecule has 0 aliphatic heterocycles. The highest BCUT2D eigenvalue weighted by molar-refractivity contribution is 5.40. The minimum Gasteiger partial charge on any atom is -0.487 e. The molecule has 0 unspecified atom stereocenters. The molecule has 0 fully saturated rings. The van der Waals surface area contributed by atoms with Crippen LogP contribution in [0.1, 0.15) is 29.4 Å². The molecule has 19 heavy (non-hydrogen) atoms. The van der Waals surface area contributed by atoms with Gasteiger partial charge in [0, 0.05) is 18.7 Å². The van der Waals surface area contributed by atoms with Crippen molar-refractivity contribution in [2.45, 2.75) is 40.5 Å². The van der Waals surface area contributed by atoms with Gasteiger partial charge in [0.2, 0.25) is 0 Å². The van der Waals surface area contributed by atoms with Crippen molar-refractivity contribution in [1.82, 2.24) is 9.78 Å². The van der Waals surface area contributed by atoms with Gasteiger partial charge in [-0.25, -0.2) is 0 Å². The number of nitrogens with two attached hydrogens (primary N) is 1. The van der Waals surface area contributed by atoms with Gasteiger partial charge in [-0.1, -0.05) is 18.2 Å². The van der Waals surface area contributed by atoms with Crippen LogP contribution in [0.3, 0.4) is 0 Å². The van der Waals surface area contributed by atoms with Gasteiger partial charge in [-0.05, 0) is 32.4 Å². The zero-order chi connectivity index (χ0) is 13.8. The zero-order valence-electron chi connectivity index (χ0n) is 11.8. The smallest absolute Gasteiger partial charge is 0.130 e. The fourth-order valence-corrected chi connectivity index (χ4v) is 2.22. The van der Waals surface area contributed by atoms with Crippen LogP contribution in [0.2, 0.25) is 0 Å². The largest absolute Gasteiger partial charge is 0.487 e. The third-order valence-corrected chi connectivity index (χ3v) is 3.16. The molecule has 0 saturated carbocycles. The van der Waals surface area contributed by atoms with Crippen molar-refractivity contribution in [2.75, 3.05) is 0 Å². The molecule has 0 saturated heterocycles. The summed E-state index contributed by atoms with van der Waals surface area (Å²) in [5.74, 6) is 0.895. The summed E-state index contributed by atoms with van der Waals surface area (Å²) in [7, 11) is 0. The van der Waals surface area contributed by atoms with E-state index >= 15 is 0 Å². The van der Waals surface area contributed by atoms with E-state index in [-0.39, 0.29) is 0 Å². The van der Waals surface area contributed by atoms with Crippen LogP contribution in [0.15, 0.2) is 24.3 Å². The summed E-state index contributed by atoms with van der Waals surface area (Å²) in [6.07, 6.45) is 0. The number of benzene rings is 1. The summed E-state index contributed by atoms with van der Waals surface area (Å²) < 4.78 is 7.93. The third-order valence-electron chi connectivity index (χ3n) is 3.16. The Morgan fingerprint density at radius 2 is 2.11 bits per heavy atom. The topological polar surface area (TPSA) is 53.1 Å². The average Bonchev–Trinajstić information content (AvgIpc) is 2.77. The van der Waals surface area contributed by atoms with Gasteiger partial charge in [0.25, 0.3) is 0 Å². The summed E-state index contributed by atoms with van der Waals surface area (Å²) >= 11 is 0. The lowest BCUT2D eigenvalue weighted by atomic mass is 10.1. The van der Waals surface area contributed by atoms with Crippen LogP contribution in [0.4, 0.5) is 0 Å². The highest BCUT2D eigenvalue weighted by Crippen LogP contribution is 2.24. The van der Waals surface area contributed by atoms with Crippen LogP contribution in [0, 0.1) is 13.8 Å². The maximum absolute atomic E-state index is 5.96. The van der Waals surface area contributed by atoms with E-state index in [0.717, 1.165) is 34.8 Å². The second-order valence-corrected chi connectivity index (χ2v) is 4.65. The Morgan fingerprint density at radius 1 is 1.32 bits per heavy atom. The van der Waals surface area contributed by atoms with Crippen molar-refractivity contribution in [2.24, 2.45) is 5.73 Å². The molecule has 0 radical (unpaired) electrons. The van der Waals surface area contributed by atoms with E-state index in [0.29, 0.717) is 13.2 Å². The molecule has 2 aromatic rings. The van der Waals surface area contributed by atoms with E-state index < -0.39 is 0 Å². The first-order chi connectivity index (χ1) is 9.15. The van der Waals surface area contributed by atoms with Gasteiger partial charge >= 0.3 is 0 Å². The predicted molar refractivity (Wildman–Crippen MR) is 76.0 cm³/mol. The van der Waals surface area contributed by atoms with Gasteiger partial charge in [-0.15, -0.1) is 0 Å². The lowest BCUT2D eigenvalue weighted by Gasteiger charge is -2.13. The number of aryl methyl sites for hydroxylation is 3. The Bertz CT molecular complexity index is 561. The molecule has 102 valence electrons. The second-order valence-electron chi connectivity index (χ2n) is 4.65. The summed E-state index contributed by atoms with van der Waals surface area (Å²) in [5, 5.41) is 4.42. The summed E-state index contributed by atoms with van der Waals surface area (Å²) in [5.41, 5.74) is 10.0. The van der Waals surface area contributed by atoms with Crippen molar-refractivity contribution in [3.8, 4) is 5.75 Å². The molecule has 0 amide bonds. The molecular weight excluding hydrogens is 238 g/mol. The van der Waals surface area contributed by atoms with Gasteiger partial charge in [0.05, 0.1) is 11.4 Å². The molecular formula is C15H21N3O. The number of hydrogen-bond acceptors (Lipinski definition) is 3. The fourth-order valence-electron chi connectivity index (χ4n) is 2.22. The maximum atomic E-state index is 5.96. The molecule has 0 aliphatic carbocycles. The highest BCUT2D eigenvalue weighted by atomic mass is 16.5. The van der Waals surface area contributed by atoms with Gasteiger partial charge < -0.3 is 10.5 Å². The molecule has 1 heterocycles. The van der Waals surface area contributed by atoms with Gasteiger partial charge in [0.1, 0.15) is 12.4 Å². The maximum Gasteiger partial charge on any atom is 0.130 e. The molecule has 0 spiro atoms. The van der Waals surface area contributed by atoms with Crippen LogP contribution in [0.25, 0.3) is 0 Å². The monoisotopic (exact) mass is 259 g/mol. The Labute approximate surface area is 114 Å². The van der Waals surface area contributed by atoms with Crippen molar-refractivity contribution in [3.05, 3.63) is 46.8 Å². The van der Waals surface area contributed by atoms with Gasteiger partial charge in [0.15, 0.2) is 0 Å². The number of nitrogens with zero attached hydrogens (tertiary/aromatic N) is 2. The molecule has 4 heteroatoms. The quantitative estimate of drug-likeness (QED) is 0.897.